The maximum atomic E-state index is 12.5. The quantitative estimate of drug-likeness (QED) is 0.832. The minimum Gasteiger partial charge on any atom is -0.497 e. The second-order valence-electron chi connectivity index (χ2n) is 5.35. The third-order valence-electron chi connectivity index (χ3n) is 3.78. The van der Waals surface area contributed by atoms with Crippen molar-refractivity contribution in [1.82, 2.24) is 14.9 Å². The van der Waals surface area contributed by atoms with Gasteiger partial charge in [0, 0.05) is 25.2 Å². The molecular weight excluding hydrogens is 320 g/mol. The maximum absolute atomic E-state index is 12.5. The normalized spacial score (nSPS) is 10.3. The van der Waals surface area contributed by atoms with Crippen molar-refractivity contribution < 1.29 is 14.3 Å². The van der Waals surface area contributed by atoms with E-state index in [1.54, 1.807) is 38.2 Å². The zero-order chi connectivity index (χ0) is 18.4. The van der Waals surface area contributed by atoms with Crippen LogP contribution in [0.5, 0.6) is 11.5 Å². The second-order valence-corrected chi connectivity index (χ2v) is 5.35. The van der Waals surface area contributed by atoms with Crippen molar-refractivity contribution in [2.45, 2.75) is 20.8 Å². The average Bonchev–Trinajstić information content (AvgIpc) is 2.62. The number of amides is 1. The highest BCUT2D eigenvalue weighted by molar-refractivity contribution is 5.93. The molecular formula is C18H24N4O3. The first-order chi connectivity index (χ1) is 12.0. The minimum absolute atomic E-state index is 0.111. The molecule has 0 bridgehead atoms. The molecule has 0 fully saturated rings. The number of carbonyl (C=O) groups is 1. The van der Waals surface area contributed by atoms with Crippen LogP contribution in [0.1, 0.15) is 30.2 Å². The fourth-order valence-electron chi connectivity index (χ4n) is 2.45. The monoisotopic (exact) mass is 344 g/mol. The molecule has 0 radical (unpaired) electrons. The molecule has 25 heavy (non-hydrogen) atoms. The summed E-state index contributed by atoms with van der Waals surface area (Å²) in [6.45, 7) is 6.91. The predicted molar refractivity (Wildman–Crippen MR) is 96.8 cm³/mol. The molecule has 0 aliphatic rings. The molecule has 0 saturated carbocycles. The molecule has 7 nitrogen and oxygen atoms in total. The Morgan fingerprint density at radius 3 is 2.44 bits per heavy atom. The number of rotatable bonds is 7. The number of nitrogens with zero attached hydrogens (tertiary/aromatic N) is 3. The molecule has 2 aromatic rings. The molecule has 1 aromatic carbocycles. The summed E-state index contributed by atoms with van der Waals surface area (Å²) in [5.74, 6) is 2.26. The molecule has 7 heteroatoms. The standard InChI is InChI=1S/C18H24N4O3/c1-6-22(7-2)18(23)15-11-17(20-12(3)19-15)21-14-9-8-13(24-4)10-16(14)25-5/h8-11H,6-7H2,1-5H3,(H,19,20,21). The summed E-state index contributed by atoms with van der Waals surface area (Å²) >= 11 is 0. The van der Waals surface area contributed by atoms with E-state index in [1.165, 1.54) is 0 Å². The molecule has 1 heterocycles. The van der Waals surface area contributed by atoms with Gasteiger partial charge in [0.15, 0.2) is 0 Å². The highest BCUT2D eigenvalue weighted by atomic mass is 16.5. The zero-order valence-corrected chi connectivity index (χ0v) is 15.3. The lowest BCUT2D eigenvalue weighted by atomic mass is 10.2. The number of hydrogen-bond acceptors (Lipinski definition) is 6. The van der Waals surface area contributed by atoms with E-state index >= 15 is 0 Å². The van der Waals surface area contributed by atoms with E-state index in [9.17, 15) is 4.79 Å². The third kappa shape index (κ3) is 4.37. The van der Waals surface area contributed by atoms with Crippen LogP contribution >= 0.6 is 0 Å². The average molecular weight is 344 g/mol. The fourth-order valence-corrected chi connectivity index (χ4v) is 2.45. The highest BCUT2D eigenvalue weighted by Crippen LogP contribution is 2.31. The van der Waals surface area contributed by atoms with Crippen molar-refractivity contribution in [1.29, 1.82) is 0 Å². The molecule has 0 spiro atoms. The Morgan fingerprint density at radius 1 is 1.12 bits per heavy atom. The smallest absolute Gasteiger partial charge is 0.272 e. The first-order valence-electron chi connectivity index (χ1n) is 8.16. The van der Waals surface area contributed by atoms with Gasteiger partial charge in [-0.15, -0.1) is 0 Å². The van der Waals surface area contributed by atoms with Gasteiger partial charge in [-0.2, -0.15) is 0 Å². The SMILES string of the molecule is CCN(CC)C(=O)c1cc(Nc2ccc(OC)cc2OC)nc(C)n1. The van der Waals surface area contributed by atoms with Crippen LogP contribution in [0.4, 0.5) is 11.5 Å². The number of hydrogen-bond donors (Lipinski definition) is 1. The Balaban J connectivity index is 2.33. The van der Waals surface area contributed by atoms with Crippen molar-refractivity contribution in [2.75, 3.05) is 32.6 Å². The van der Waals surface area contributed by atoms with Crippen molar-refractivity contribution >= 4 is 17.4 Å². The van der Waals surface area contributed by atoms with E-state index in [-0.39, 0.29) is 5.91 Å². The number of aryl methyl sites for hydroxylation is 1. The van der Waals surface area contributed by atoms with Gasteiger partial charge in [0.05, 0.1) is 19.9 Å². The summed E-state index contributed by atoms with van der Waals surface area (Å²) in [6, 6.07) is 7.08. The Bertz CT molecular complexity index is 745. The Labute approximate surface area is 148 Å². The number of nitrogens with one attached hydrogen (secondary N) is 1. The van der Waals surface area contributed by atoms with Crippen molar-refractivity contribution in [3.63, 3.8) is 0 Å². The van der Waals surface area contributed by atoms with Crippen LogP contribution in [0.2, 0.25) is 0 Å². The number of methoxy groups -OCH3 is 2. The summed E-state index contributed by atoms with van der Waals surface area (Å²) < 4.78 is 10.6. The Kier molecular flexibility index (Phi) is 6.16. The van der Waals surface area contributed by atoms with E-state index in [0.29, 0.717) is 41.9 Å². The molecule has 0 saturated heterocycles. The predicted octanol–water partition coefficient (Wildman–Crippen LogP) is 3.03. The van der Waals surface area contributed by atoms with Gasteiger partial charge in [0.2, 0.25) is 0 Å². The number of aromatic nitrogens is 2. The van der Waals surface area contributed by atoms with Crippen LogP contribution in [0.3, 0.4) is 0 Å². The van der Waals surface area contributed by atoms with Crippen LogP contribution in [0.15, 0.2) is 24.3 Å². The number of carbonyl (C=O) groups excluding carboxylic acids is 1. The molecule has 1 amide bonds. The minimum atomic E-state index is -0.111. The lowest BCUT2D eigenvalue weighted by molar-refractivity contribution is 0.0766. The van der Waals surface area contributed by atoms with Crippen LogP contribution in [-0.4, -0.2) is 48.1 Å². The van der Waals surface area contributed by atoms with E-state index < -0.39 is 0 Å². The summed E-state index contributed by atoms with van der Waals surface area (Å²) in [7, 11) is 3.18. The van der Waals surface area contributed by atoms with Crippen molar-refractivity contribution in [3.8, 4) is 11.5 Å². The number of ether oxygens (including phenoxy) is 2. The highest BCUT2D eigenvalue weighted by Gasteiger charge is 2.16. The molecule has 0 unspecified atom stereocenters. The van der Waals surface area contributed by atoms with Gasteiger partial charge in [-0.3, -0.25) is 4.79 Å². The number of anilines is 2. The van der Waals surface area contributed by atoms with Gasteiger partial charge in [0.25, 0.3) is 5.91 Å². The molecule has 1 aromatic heterocycles. The lowest BCUT2D eigenvalue weighted by Crippen LogP contribution is -2.31. The molecule has 1 N–H and O–H groups in total. The van der Waals surface area contributed by atoms with Gasteiger partial charge in [0.1, 0.15) is 28.8 Å². The first-order valence-corrected chi connectivity index (χ1v) is 8.16. The van der Waals surface area contributed by atoms with E-state index in [2.05, 4.69) is 15.3 Å². The van der Waals surface area contributed by atoms with Crippen molar-refractivity contribution in [3.05, 3.63) is 35.8 Å². The summed E-state index contributed by atoms with van der Waals surface area (Å²) in [6.07, 6.45) is 0. The van der Waals surface area contributed by atoms with Gasteiger partial charge in [-0.05, 0) is 32.9 Å². The van der Waals surface area contributed by atoms with E-state index in [1.807, 2.05) is 26.0 Å². The van der Waals surface area contributed by atoms with Crippen LogP contribution in [0.25, 0.3) is 0 Å². The van der Waals surface area contributed by atoms with Gasteiger partial charge in [-0.25, -0.2) is 9.97 Å². The zero-order valence-electron chi connectivity index (χ0n) is 15.3. The second kappa shape index (κ2) is 8.32. The Morgan fingerprint density at radius 2 is 1.84 bits per heavy atom. The van der Waals surface area contributed by atoms with E-state index in [4.69, 9.17) is 9.47 Å². The van der Waals surface area contributed by atoms with Crippen LogP contribution in [0, 0.1) is 6.92 Å². The van der Waals surface area contributed by atoms with Crippen molar-refractivity contribution in [2.24, 2.45) is 0 Å². The topological polar surface area (TPSA) is 76.6 Å². The van der Waals surface area contributed by atoms with Gasteiger partial charge < -0.3 is 19.7 Å². The van der Waals surface area contributed by atoms with Crippen LogP contribution < -0.4 is 14.8 Å². The van der Waals surface area contributed by atoms with Crippen LogP contribution in [-0.2, 0) is 0 Å². The fraction of sp³-hybridized carbons (Fsp3) is 0.389. The summed E-state index contributed by atoms with van der Waals surface area (Å²) in [4.78, 5) is 22.9. The summed E-state index contributed by atoms with van der Waals surface area (Å²) in [5, 5.41) is 3.18. The van der Waals surface area contributed by atoms with Gasteiger partial charge in [-0.1, -0.05) is 0 Å². The number of benzene rings is 1. The Hall–Kier alpha value is -2.83. The third-order valence-corrected chi connectivity index (χ3v) is 3.78. The molecule has 0 aliphatic carbocycles. The first kappa shape index (κ1) is 18.5. The molecule has 2 rings (SSSR count). The summed E-state index contributed by atoms with van der Waals surface area (Å²) in [5.41, 5.74) is 1.09. The lowest BCUT2D eigenvalue weighted by Gasteiger charge is -2.18. The van der Waals surface area contributed by atoms with E-state index in [0.717, 1.165) is 5.69 Å². The van der Waals surface area contributed by atoms with Gasteiger partial charge >= 0.3 is 0 Å². The largest absolute Gasteiger partial charge is 0.497 e. The maximum Gasteiger partial charge on any atom is 0.272 e. The molecule has 134 valence electrons. The molecule has 0 aliphatic heterocycles. The molecule has 0 atom stereocenters.